The minimum absolute atomic E-state index is 0.0231. The van der Waals surface area contributed by atoms with Crippen LogP contribution in [0.15, 0.2) is 0 Å². The fourth-order valence-corrected chi connectivity index (χ4v) is 1.70. The van der Waals surface area contributed by atoms with Crippen molar-refractivity contribution in [2.24, 2.45) is 5.73 Å². The number of carboxylic acids is 1. The predicted molar refractivity (Wildman–Crippen MR) is 59.2 cm³/mol. The van der Waals surface area contributed by atoms with E-state index in [9.17, 15) is 14.4 Å². The third-order valence-corrected chi connectivity index (χ3v) is 2.72. The van der Waals surface area contributed by atoms with Crippen LogP contribution in [0.2, 0.25) is 0 Å². The molecule has 1 rings (SSSR count). The van der Waals surface area contributed by atoms with Crippen LogP contribution in [-0.2, 0) is 9.59 Å². The molecule has 1 aliphatic rings. The molecule has 0 aromatic rings. The molecular formula is C10H17N3O4. The minimum Gasteiger partial charge on any atom is -0.481 e. The van der Waals surface area contributed by atoms with Crippen molar-refractivity contribution in [3.63, 3.8) is 0 Å². The van der Waals surface area contributed by atoms with Crippen LogP contribution in [0.4, 0.5) is 4.79 Å². The second-order valence-corrected chi connectivity index (χ2v) is 4.14. The Hall–Kier alpha value is -1.63. The average Bonchev–Trinajstić information content (AvgIpc) is 3.00. The third kappa shape index (κ3) is 4.39. The lowest BCUT2D eigenvalue weighted by molar-refractivity contribution is -0.138. The second kappa shape index (κ2) is 5.62. The van der Waals surface area contributed by atoms with E-state index in [4.69, 9.17) is 10.8 Å². The Kier molecular flexibility index (Phi) is 4.45. The molecule has 0 heterocycles. The van der Waals surface area contributed by atoms with Crippen molar-refractivity contribution in [2.45, 2.75) is 38.3 Å². The Morgan fingerprint density at radius 3 is 2.47 bits per heavy atom. The van der Waals surface area contributed by atoms with Crippen LogP contribution in [-0.4, -0.2) is 46.5 Å². The number of carbonyl (C=O) groups is 3. The largest absolute Gasteiger partial charge is 0.481 e. The van der Waals surface area contributed by atoms with Gasteiger partial charge in [0.1, 0.15) is 0 Å². The van der Waals surface area contributed by atoms with Crippen LogP contribution in [0.5, 0.6) is 0 Å². The first-order valence-electron chi connectivity index (χ1n) is 5.49. The first kappa shape index (κ1) is 13.4. The van der Waals surface area contributed by atoms with Gasteiger partial charge in [-0.3, -0.25) is 19.8 Å². The monoisotopic (exact) mass is 243 g/mol. The highest BCUT2D eigenvalue weighted by atomic mass is 16.4. The average molecular weight is 243 g/mol. The summed E-state index contributed by atoms with van der Waals surface area (Å²) in [6, 6.07) is -1.20. The van der Waals surface area contributed by atoms with E-state index in [0.29, 0.717) is 6.54 Å². The summed E-state index contributed by atoms with van der Waals surface area (Å²) in [4.78, 5) is 34.5. The standard InChI is InChI=1S/C10H17N3O4/c1-6(9(16)12-10(11)17)13(7-2-3-7)5-4-8(14)15/h6-7H,2-5H2,1H3,(H,14,15)(H3,11,12,16,17). The van der Waals surface area contributed by atoms with Gasteiger partial charge in [-0.1, -0.05) is 0 Å². The smallest absolute Gasteiger partial charge is 0.318 e. The Morgan fingerprint density at radius 1 is 1.47 bits per heavy atom. The molecule has 7 nitrogen and oxygen atoms in total. The molecule has 0 aromatic carbocycles. The number of rotatable bonds is 6. The van der Waals surface area contributed by atoms with Crippen molar-refractivity contribution in [3.05, 3.63) is 0 Å². The second-order valence-electron chi connectivity index (χ2n) is 4.14. The number of hydrogen-bond acceptors (Lipinski definition) is 4. The number of nitrogens with two attached hydrogens (primary N) is 1. The van der Waals surface area contributed by atoms with Gasteiger partial charge in [0.15, 0.2) is 0 Å². The summed E-state index contributed by atoms with van der Waals surface area (Å²) in [5.41, 5.74) is 4.86. The van der Waals surface area contributed by atoms with Gasteiger partial charge in [0.2, 0.25) is 5.91 Å². The van der Waals surface area contributed by atoms with E-state index >= 15 is 0 Å². The Morgan fingerprint density at radius 2 is 2.06 bits per heavy atom. The number of primary amides is 1. The number of nitrogens with one attached hydrogen (secondary N) is 1. The van der Waals surface area contributed by atoms with Gasteiger partial charge >= 0.3 is 12.0 Å². The number of urea groups is 1. The van der Waals surface area contributed by atoms with Gasteiger partial charge in [-0.2, -0.15) is 0 Å². The van der Waals surface area contributed by atoms with Crippen LogP contribution in [0.1, 0.15) is 26.2 Å². The van der Waals surface area contributed by atoms with Gasteiger partial charge in [0, 0.05) is 12.6 Å². The predicted octanol–water partition coefficient (Wildman–Crippen LogP) is -0.491. The zero-order valence-corrected chi connectivity index (χ0v) is 9.68. The fraction of sp³-hybridized carbons (Fsp3) is 0.700. The van der Waals surface area contributed by atoms with Crippen molar-refractivity contribution in [1.82, 2.24) is 10.2 Å². The van der Waals surface area contributed by atoms with E-state index in [0.717, 1.165) is 12.8 Å². The summed E-state index contributed by atoms with van der Waals surface area (Å²) in [5.74, 6) is -1.40. The number of amides is 3. The van der Waals surface area contributed by atoms with Crippen molar-refractivity contribution >= 4 is 17.9 Å². The number of imide groups is 1. The number of aliphatic carboxylic acids is 1. The van der Waals surface area contributed by atoms with E-state index in [2.05, 4.69) is 0 Å². The Balaban J connectivity index is 2.53. The quantitative estimate of drug-likeness (QED) is 0.582. The molecule has 4 N–H and O–H groups in total. The highest BCUT2D eigenvalue weighted by Crippen LogP contribution is 2.28. The van der Waals surface area contributed by atoms with Gasteiger partial charge in [-0.25, -0.2) is 4.79 Å². The number of carboxylic acid groups (broad SMARTS) is 1. The van der Waals surface area contributed by atoms with Crippen molar-refractivity contribution < 1.29 is 19.5 Å². The molecule has 0 radical (unpaired) electrons. The summed E-state index contributed by atoms with van der Waals surface area (Å²) in [6.45, 7) is 1.94. The van der Waals surface area contributed by atoms with Crippen molar-refractivity contribution in [1.29, 1.82) is 0 Å². The highest BCUT2D eigenvalue weighted by Gasteiger charge is 2.35. The van der Waals surface area contributed by atoms with Crippen LogP contribution in [0.25, 0.3) is 0 Å². The molecule has 1 aliphatic carbocycles. The molecule has 96 valence electrons. The van der Waals surface area contributed by atoms with Gasteiger partial charge in [-0.05, 0) is 19.8 Å². The van der Waals surface area contributed by atoms with Crippen molar-refractivity contribution in [3.8, 4) is 0 Å². The molecule has 0 aromatic heterocycles. The zero-order chi connectivity index (χ0) is 13.0. The fourth-order valence-electron chi connectivity index (χ4n) is 1.70. The molecule has 0 bridgehead atoms. The molecule has 7 heteroatoms. The molecule has 17 heavy (non-hydrogen) atoms. The normalized spacial score (nSPS) is 16.6. The number of hydrogen-bond donors (Lipinski definition) is 3. The maximum absolute atomic E-state index is 11.6. The van der Waals surface area contributed by atoms with Gasteiger partial charge in [-0.15, -0.1) is 0 Å². The van der Waals surface area contributed by atoms with Gasteiger partial charge in [0.05, 0.1) is 12.5 Å². The van der Waals surface area contributed by atoms with E-state index in [1.165, 1.54) is 0 Å². The molecule has 0 aliphatic heterocycles. The third-order valence-electron chi connectivity index (χ3n) is 2.72. The summed E-state index contributed by atoms with van der Waals surface area (Å²) in [5, 5.41) is 10.6. The molecular weight excluding hydrogens is 226 g/mol. The first-order chi connectivity index (χ1) is 7.91. The van der Waals surface area contributed by atoms with Crippen LogP contribution >= 0.6 is 0 Å². The SMILES string of the molecule is CC(C(=O)NC(N)=O)N(CCC(=O)O)C1CC1. The Labute approximate surface area is 98.9 Å². The molecule has 0 spiro atoms. The lowest BCUT2D eigenvalue weighted by Crippen LogP contribution is -2.49. The van der Waals surface area contributed by atoms with Crippen molar-refractivity contribution in [2.75, 3.05) is 6.54 Å². The minimum atomic E-state index is -0.904. The number of nitrogens with zero attached hydrogens (tertiary/aromatic N) is 1. The molecule has 0 saturated heterocycles. The van der Waals surface area contributed by atoms with Crippen LogP contribution in [0.3, 0.4) is 0 Å². The topological polar surface area (TPSA) is 113 Å². The maximum atomic E-state index is 11.6. The lowest BCUT2D eigenvalue weighted by atomic mass is 10.2. The van der Waals surface area contributed by atoms with E-state index in [1.807, 2.05) is 5.32 Å². The lowest BCUT2D eigenvalue weighted by Gasteiger charge is -2.27. The van der Waals surface area contributed by atoms with Crippen LogP contribution in [0, 0.1) is 0 Å². The number of carbonyl (C=O) groups excluding carboxylic acids is 2. The van der Waals surface area contributed by atoms with E-state index < -0.39 is 23.9 Å². The van der Waals surface area contributed by atoms with Crippen LogP contribution < -0.4 is 11.1 Å². The molecule has 1 fully saturated rings. The summed E-state index contributed by atoms with van der Waals surface area (Å²) >= 11 is 0. The summed E-state index contributed by atoms with van der Waals surface area (Å²) in [6.07, 6.45) is 1.88. The van der Waals surface area contributed by atoms with E-state index in [1.54, 1.807) is 11.8 Å². The summed E-state index contributed by atoms with van der Waals surface area (Å²) < 4.78 is 0. The molecule has 1 saturated carbocycles. The Bertz CT molecular complexity index is 328. The van der Waals surface area contributed by atoms with E-state index in [-0.39, 0.29) is 12.5 Å². The maximum Gasteiger partial charge on any atom is 0.318 e. The highest BCUT2D eigenvalue weighted by molar-refractivity contribution is 5.96. The molecule has 3 amide bonds. The van der Waals surface area contributed by atoms with Gasteiger partial charge in [0.25, 0.3) is 0 Å². The van der Waals surface area contributed by atoms with Gasteiger partial charge < -0.3 is 10.8 Å². The summed E-state index contributed by atoms with van der Waals surface area (Å²) in [7, 11) is 0. The zero-order valence-electron chi connectivity index (χ0n) is 9.68. The molecule has 1 unspecified atom stereocenters. The first-order valence-corrected chi connectivity index (χ1v) is 5.49. The molecule has 1 atom stereocenters.